The normalized spacial score (nSPS) is 10.3. The average molecular weight is 237 g/mol. The number of nitrogen functional groups attached to an aromatic ring is 1. The van der Waals surface area contributed by atoms with Crippen LogP contribution in [0.2, 0.25) is 0 Å². The van der Waals surface area contributed by atoms with Crippen molar-refractivity contribution >= 4 is 23.1 Å². The first-order valence-electron chi connectivity index (χ1n) is 4.61. The van der Waals surface area contributed by atoms with Crippen molar-refractivity contribution in [2.45, 2.75) is 6.54 Å². The molecule has 2 aromatic rings. The maximum atomic E-state index is 11.7. The van der Waals surface area contributed by atoms with Gasteiger partial charge in [0.05, 0.1) is 18.3 Å². The molecule has 3 N–H and O–H groups in total. The summed E-state index contributed by atoms with van der Waals surface area (Å²) >= 11 is 1.49. The fraction of sp³-hybridized carbons (Fsp3) is 0.222. The van der Waals surface area contributed by atoms with E-state index in [-0.39, 0.29) is 5.91 Å². The summed E-state index contributed by atoms with van der Waals surface area (Å²) in [4.78, 5) is 16.6. The third-order valence-electron chi connectivity index (χ3n) is 2.14. The summed E-state index contributed by atoms with van der Waals surface area (Å²) in [6, 6.07) is 0. The summed E-state index contributed by atoms with van der Waals surface area (Å²) in [6.45, 7) is 0.456. The minimum absolute atomic E-state index is 0.223. The second-order valence-electron chi connectivity index (χ2n) is 3.22. The summed E-state index contributed by atoms with van der Waals surface area (Å²) < 4.78 is 1.46. The van der Waals surface area contributed by atoms with Crippen molar-refractivity contribution in [2.75, 3.05) is 5.73 Å². The van der Waals surface area contributed by atoms with Crippen molar-refractivity contribution < 1.29 is 4.79 Å². The largest absolute Gasteiger partial charge is 0.383 e. The zero-order valence-electron chi connectivity index (χ0n) is 8.67. The molecule has 0 unspecified atom stereocenters. The van der Waals surface area contributed by atoms with Crippen LogP contribution in [0.25, 0.3) is 0 Å². The van der Waals surface area contributed by atoms with E-state index in [1.54, 1.807) is 18.8 Å². The van der Waals surface area contributed by atoms with Crippen molar-refractivity contribution in [3.8, 4) is 0 Å². The van der Waals surface area contributed by atoms with Crippen LogP contribution in [-0.2, 0) is 13.6 Å². The van der Waals surface area contributed by atoms with E-state index in [1.807, 2.05) is 0 Å². The molecule has 6 nitrogen and oxygen atoms in total. The predicted molar refractivity (Wildman–Crippen MR) is 60.9 cm³/mol. The van der Waals surface area contributed by atoms with Crippen LogP contribution in [-0.4, -0.2) is 20.7 Å². The van der Waals surface area contributed by atoms with Gasteiger partial charge in [-0.25, -0.2) is 0 Å². The van der Waals surface area contributed by atoms with Gasteiger partial charge < -0.3 is 11.1 Å². The zero-order chi connectivity index (χ0) is 11.5. The maximum absolute atomic E-state index is 11.7. The number of carbonyl (C=O) groups is 1. The first-order valence-corrected chi connectivity index (χ1v) is 5.49. The Morgan fingerprint density at radius 3 is 3.00 bits per heavy atom. The molecule has 16 heavy (non-hydrogen) atoms. The Morgan fingerprint density at radius 2 is 2.44 bits per heavy atom. The van der Waals surface area contributed by atoms with Crippen LogP contribution in [0.4, 0.5) is 5.82 Å². The van der Waals surface area contributed by atoms with Crippen molar-refractivity contribution in [1.82, 2.24) is 20.1 Å². The van der Waals surface area contributed by atoms with Gasteiger partial charge in [0.2, 0.25) is 0 Å². The van der Waals surface area contributed by atoms with Crippen LogP contribution in [0.15, 0.2) is 17.9 Å². The van der Waals surface area contributed by atoms with E-state index in [1.165, 1.54) is 22.2 Å². The summed E-state index contributed by atoms with van der Waals surface area (Å²) in [5, 5.41) is 6.66. The molecule has 0 aromatic carbocycles. The zero-order valence-corrected chi connectivity index (χ0v) is 9.49. The molecule has 7 heteroatoms. The molecule has 0 aliphatic carbocycles. The second kappa shape index (κ2) is 4.31. The number of hydrogen-bond donors (Lipinski definition) is 2. The SMILES string of the molecule is Cn1ncc(C(=O)NCc2cncs2)c1N. The fourth-order valence-corrected chi connectivity index (χ4v) is 1.75. The summed E-state index contributed by atoms with van der Waals surface area (Å²) in [5.41, 5.74) is 7.80. The Hall–Kier alpha value is -1.89. The monoisotopic (exact) mass is 237 g/mol. The van der Waals surface area contributed by atoms with Crippen molar-refractivity contribution in [2.24, 2.45) is 7.05 Å². The molecule has 0 radical (unpaired) electrons. The van der Waals surface area contributed by atoms with Gasteiger partial charge in [-0.05, 0) is 0 Å². The number of nitrogens with one attached hydrogen (secondary N) is 1. The standard InChI is InChI=1S/C9H11N5OS/c1-14-8(10)7(4-13-14)9(15)12-3-6-2-11-5-16-6/h2,4-5H,3,10H2,1H3,(H,12,15). The molecule has 0 saturated carbocycles. The number of aromatic nitrogens is 3. The quantitative estimate of drug-likeness (QED) is 0.808. The van der Waals surface area contributed by atoms with Gasteiger partial charge in [0, 0.05) is 18.1 Å². The molecule has 2 heterocycles. The highest BCUT2D eigenvalue weighted by molar-refractivity contribution is 7.09. The van der Waals surface area contributed by atoms with Crippen LogP contribution >= 0.6 is 11.3 Å². The van der Waals surface area contributed by atoms with Crippen molar-refractivity contribution in [3.05, 3.63) is 28.3 Å². The number of aryl methyl sites for hydroxylation is 1. The van der Waals surface area contributed by atoms with Gasteiger partial charge in [-0.1, -0.05) is 0 Å². The molecule has 0 saturated heterocycles. The lowest BCUT2D eigenvalue weighted by molar-refractivity contribution is 0.0952. The second-order valence-corrected chi connectivity index (χ2v) is 4.19. The number of anilines is 1. The number of thiazole rings is 1. The highest BCUT2D eigenvalue weighted by atomic mass is 32.1. The number of rotatable bonds is 3. The molecule has 2 rings (SSSR count). The summed E-state index contributed by atoms with van der Waals surface area (Å²) in [5.74, 6) is 0.140. The fourth-order valence-electron chi connectivity index (χ4n) is 1.21. The van der Waals surface area contributed by atoms with Crippen molar-refractivity contribution in [3.63, 3.8) is 0 Å². The van der Waals surface area contributed by atoms with Crippen LogP contribution in [0.5, 0.6) is 0 Å². The molecule has 2 aromatic heterocycles. The number of amides is 1. The highest BCUT2D eigenvalue weighted by Gasteiger charge is 2.13. The molecule has 0 aliphatic heterocycles. The van der Waals surface area contributed by atoms with Crippen LogP contribution < -0.4 is 11.1 Å². The molecule has 0 bridgehead atoms. The predicted octanol–water partition coefficient (Wildman–Crippen LogP) is 0.389. The number of carbonyl (C=O) groups excluding carboxylic acids is 1. The van der Waals surface area contributed by atoms with Gasteiger partial charge in [0.1, 0.15) is 11.4 Å². The third kappa shape index (κ3) is 2.03. The number of nitrogens with two attached hydrogens (primary N) is 1. The van der Waals surface area contributed by atoms with E-state index in [4.69, 9.17) is 5.73 Å². The van der Waals surface area contributed by atoms with Gasteiger partial charge in [0.25, 0.3) is 5.91 Å². The average Bonchev–Trinajstić information content (AvgIpc) is 2.88. The van der Waals surface area contributed by atoms with Gasteiger partial charge >= 0.3 is 0 Å². The van der Waals surface area contributed by atoms with E-state index in [0.717, 1.165) is 4.88 Å². The topological polar surface area (TPSA) is 85.8 Å². The molecule has 0 atom stereocenters. The Morgan fingerprint density at radius 1 is 1.62 bits per heavy atom. The molecule has 0 spiro atoms. The molecule has 1 amide bonds. The van der Waals surface area contributed by atoms with Gasteiger partial charge in [-0.3, -0.25) is 14.5 Å². The molecular formula is C9H11N5OS. The lowest BCUT2D eigenvalue weighted by Gasteiger charge is -2.02. The molecular weight excluding hydrogens is 226 g/mol. The highest BCUT2D eigenvalue weighted by Crippen LogP contribution is 2.10. The Labute approximate surface area is 96.1 Å². The lowest BCUT2D eigenvalue weighted by atomic mass is 10.3. The smallest absolute Gasteiger partial charge is 0.256 e. The first-order chi connectivity index (χ1) is 7.68. The van der Waals surface area contributed by atoms with E-state index >= 15 is 0 Å². The molecule has 0 fully saturated rings. The van der Waals surface area contributed by atoms with Gasteiger partial charge in [-0.15, -0.1) is 11.3 Å². The Bertz CT molecular complexity index is 490. The minimum Gasteiger partial charge on any atom is -0.383 e. The lowest BCUT2D eigenvalue weighted by Crippen LogP contribution is -2.23. The summed E-state index contributed by atoms with van der Waals surface area (Å²) in [6.07, 6.45) is 3.18. The van der Waals surface area contributed by atoms with Gasteiger partial charge in [-0.2, -0.15) is 5.10 Å². The van der Waals surface area contributed by atoms with Gasteiger partial charge in [0.15, 0.2) is 0 Å². The number of hydrogen-bond acceptors (Lipinski definition) is 5. The van der Waals surface area contributed by atoms with Crippen LogP contribution in [0.1, 0.15) is 15.2 Å². The van der Waals surface area contributed by atoms with Crippen LogP contribution in [0, 0.1) is 0 Å². The van der Waals surface area contributed by atoms with Crippen molar-refractivity contribution in [1.29, 1.82) is 0 Å². The summed E-state index contributed by atoms with van der Waals surface area (Å²) in [7, 11) is 1.69. The van der Waals surface area contributed by atoms with E-state index in [2.05, 4.69) is 15.4 Å². The molecule has 84 valence electrons. The third-order valence-corrected chi connectivity index (χ3v) is 2.92. The van der Waals surface area contributed by atoms with E-state index in [0.29, 0.717) is 17.9 Å². The molecule has 0 aliphatic rings. The minimum atomic E-state index is -0.223. The Balaban J connectivity index is 2.01. The number of nitrogens with zero attached hydrogens (tertiary/aromatic N) is 3. The van der Waals surface area contributed by atoms with Crippen LogP contribution in [0.3, 0.4) is 0 Å². The van der Waals surface area contributed by atoms with E-state index < -0.39 is 0 Å². The Kier molecular flexibility index (Phi) is 2.86. The first kappa shape index (κ1) is 10.6. The van der Waals surface area contributed by atoms with E-state index in [9.17, 15) is 4.79 Å². The maximum Gasteiger partial charge on any atom is 0.256 e.